The van der Waals surface area contributed by atoms with E-state index in [4.69, 9.17) is 16.3 Å². The van der Waals surface area contributed by atoms with Crippen LogP contribution in [0.25, 0.3) is 0 Å². The molecule has 0 amide bonds. The van der Waals surface area contributed by atoms with Crippen LogP contribution in [-0.2, 0) is 4.79 Å². The summed E-state index contributed by atoms with van der Waals surface area (Å²) in [6.07, 6.45) is 2.06. The van der Waals surface area contributed by atoms with Crippen molar-refractivity contribution in [1.29, 1.82) is 0 Å². The quantitative estimate of drug-likeness (QED) is 0.499. The third-order valence-electron chi connectivity index (χ3n) is 5.52. The summed E-state index contributed by atoms with van der Waals surface area (Å²) in [6.45, 7) is 2.28. The Morgan fingerprint density at radius 3 is 2.70 bits per heavy atom. The maximum absolute atomic E-state index is 11.2. The van der Waals surface area contributed by atoms with Gasteiger partial charge in [-0.25, -0.2) is 4.79 Å². The van der Waals surface area contributed by atoms with Crippen LogP contribution in [0, 0.1) is 0 Å². The topological polar surface area (TPSA) is 78.8 Å². The van der Waals surface area contributed by atoms with Gasteiger partial charge in [-0.1, -0.05) is 42.8 Å². The average Bonchev–Trinajstić information content (AvgIpc) is 3.19. The number of carboxylic acids is 1. The molecule has 3 rings (SSSR count). The number of carbonyl (C=O) groups is 1. The number of halogens is 2. The Balaban J connectivity index is 0.00000320. The highest BCUT2D eigenvalue weighted by Gasteiger charge is 2.27. The smallest absolute Gasteiger partial charge is 0.344 e. The molecule has 0 spiro atoms. The Bertz CT molecular complexity index is 832. The molecule has 5 nitrogen and oxygen atoms in total. The van der Waals surface area contributed by atoms with Gasteiger partial charge in [-0.15, -0.1) is 12.4 Å². The molecule has 0 saturated heterocycles. The Morgan fingerprint density at radius 2 is 2.00 bits per heavy atom. The summed E-state index contributed by atoms with van der Waals surface area (Å²) < 4.78 is 5.63. The van der Waals surface area contributed by atoms with Crippen molar-refractivity contribution in [3.8, 4) is 5.75 Å². The number of carboxylic acid groups (broad SMARTS) is 1. The molecule has 2 aromatic carbocycles. The first-order chi connectivity index (χ1) is 14.0. The van der Waals surface area contributed by atoms with Crippen molar-refractivity contribution in [3.05, 3.63) is 64.7 Å². The van der Waals surface area contributed by atoms with Crippen LogP contribution in [0.15, 0.2) is 48.5 Å². The third-order valence-corrected chi connectivity index (χ3v) is 5.76. The van der Waals surface area contributed by atoms with Crippen LogP contribution in [-0.4, -0.2) is 34.9 Å². The molecule has 3 N–H and O–H groups in total. The molecule has 30 heavy (non-hydrogen) atoms. The van der Waals surface area contributed by atoms with E-state index in [1.165, 1.54) is 5.56 Å². The highest BCUT2D eigenvalue weighted by molar-refractivity contribution is 6.30. The van der Waals surface area contributed by atoms with Crippen molar-refractivity contribution in [1.82, 2.24) is 5.32 Å². The molecule has 3 unspecified atom stereocenters. The zero-order chi connectivity index (χ0) is 20.8. The van der Waals surface area contributed by atoms with Gasteiger partial charge >= 0.3 is 5.97 Å². The lowest BCUT2D eigenvalue weighted by molar-refractivity contribution is -0.145. The number of aliphatic hydroxyl groups is 1. The van der Waals surface area contributed by atoms with E-state index in [0.717, 1.165) is 24.8 Å². The summed E-state index contributed by atoms with van der Waals surface area (Å²) in [5, 5.41) is 23.7. The van der Waals surface area contributed by atoms with Gasteiger partial charge in [-0.3, -0.25) is 0 Å². The molecule has 0 aliphatic heterocycles. The van der Waals surface area contributed by atoms with Crippen LogP contribution >= 0.6 is 24.0 Å². The second-order valence-electron chi connectivity index (χ2n) is 7.61. The van der Waals surface area contributed by atoms with Gasteiger partial charge in [0.1, 0.15) is 5.75 Å². The van der Waals surface area contributed by atoms with Gasteiger partial charge in [0.2, 0.25) is 0 Å². The second kappa shape index (κ2) is 11.6. The predicted octanol–water partition coefficient (Wildman–Crippen LogP) is 4.96. The summed E-state index contributed by atoms with van der Waals surface area (Å²) >= 11 is 6.00. The zero-order valence-electron chi connectivity index (χ0n) is 17.0. The number of hydrogen-bond donors (Lipinski definition) is 3. The first-order valence-electron chi connectivity index (χ1n) is 10.1. The van der Waals surface area contributed by atoms with Crippen LogP contribution < -0.4 is 10.1 Å². The molecule has 164 valence electrons. The van der Waals surface area contributed by atoms with Crippen LogP contribution in [0.2, 0.25) is 5.02 Å². The number of rotatable bonds is 9. The van der Waals surface area contributed by atoms with Crippen LogP contribution in [0.4, 0.5) is 0 Å². The van der Waals surface area contributed by atoms with Gasteiger partial charge < -0.3 is 20.3 Å². The van der Waals surface area contributed by atoms with Crippen molar-refractivity contribution >= 4 is 30.0 Å². The zero-order valence-corrected chi connectivity index (χ0v) is 18.5. The SMILES string of the molecule is CC[C@@H](Oc1cccc(C2CCC(NCC(O)c3cccc(Cl)c3)C2)c1)C(=O)O.Cl. The number of aliphatic hydroxyl groups excluding tert-OH is 1. The predicted molar refractivity (Wildman–Crippen MR) is 121 cm³/mol. The molecular weight excluding hydrogens is 425 g/mol. The Morgan fingerprint density at radius 1 is 1.23 bits per heavy atom. The monoisotopic (exact) mass is 453 g/mol. The lowest BCUT2D eigenvalue weighted by Gasteiger charge is -2.18. The Hall–Kier alpha value is -1.79. The van der Waals surface area contributed by atoms with Gasteiger partial charge in [-0.2, -0.15) is 0 Å². The normalized spacial score (nSPS) is 20.2. The molecule has 1 saturated carbocycles. The summed E-state index contributed by atoms with van der Waals surface area (Å²) in [4.78, 5) is 11.2. The van der Waals surface area contributed by atoms with Crippen molar-refractivity contribution in [2.45, 2.75) is 56.8 Å². The molecule has 2 aromatic rings. The van der Waals surface area contributed by atoms with E-state index in [1.54, 1.807) is 25.1 Å². The van der Waals surface area contributed by atoms with Gasteiger partial charge in [0.15, 0.2) is 6.10 Å². The standard InChI is InChI=1S/C23H28ClNO4.ClH/c1-2-22(23(27)28)29-20-8-4-5-15(13-20)16-9-10-19(12-16)25-14-21(26)17-6-3-7-18(24)11-17;/h3-8,11,13,16,19,21-22,25-26H,2,9-10,12,14H2,1H3,(H,27,28);1H/t16?,19?,21?,22-;/m1./s1. The largest absolute Gasteiger partial charge is 0.479 e. The van der Waals surface area contributed by atoms with Gasteiger partial charge in [-0.05, 0) is 67.0 Å². The van der Waals surface area contributed by atoms with Crippen molar-refractivity contribution in [2.75, 3.05) is 6.54 Å². The fourth-order valence-corrected chi connectivity index (χ4v) is 4.09. The fraction of sp³-hybridized carbons (Fsp3) is 0.435. The van der Waals surface area contributed by atoms with Gasteiger partial charge in [0.25, 0.3) is 0 Å². The molecule has 4 atom stereocenters. The maximum Gasteiger partial charge on any atom is 0.344 e. The first kappa shape index (κ1) is 24.5. The molecule has 0 bridgehead atoms. The lowest BCUT2D eigenvalue weighted by atomic mass is 9.97. The van der Waals surface area contributed by atoms with E-state index in [-0.39, 0.29) is 12.4 Å². The lowest BCUT2D eigenvalue weighted by Crippen LogP contribution is -2.30. The minimum absolute atomic E-state index is 0. The number of ether oxygens (including phenoxy) is 1. The van der Waals surface area contributed by atoms with Gasteiger partial charge in [0.05, 0.1) is 6.10 Å². The summed E-state index contributed by atoms with van der Waals surface area (Å²) in [7, 11) is 0. The molecule has 7 heteroatoms. The van der Waals surface area contributed by atoms with E-state index >= 15 is 0 Å². The van der Waals surface area contributed by atoms with E-state index in [1.807, 2.05) is 24.3 Å². The van der Waals surface area contributed by atoms with E-state index in [0.29, 0.717) is 35.7 Å². The minimum Gasteiger partial charge on any atom is -0.479 e. The molecule has 0 radical (unpaired) electrons. The molecule has 1 aliphatic carbocycles. The number of benzene rings is 2. The van der Waals surface area contributed by atoms with E-state index in [9.17, 15) is 15.0 Å². The Labute approximate surface area is 188 Å². The highest BCUT2D eigenvalue weighted by atomic mass is 35.5. The van der Waals surface area contributed by atoms with E-state index in [2.05, 4.69) is 11.4 Å². The van der Waals surface area contributed by atoms with Gasteiger partial charge in [0, 0.05) is 17.6 Å². The second-order valence-corrected chi connectivity index (χ2v) is 8.05. The first-order valence-corrected chi connectivity index (χ1v) is 10.5. The fourth-order valence-electron chi connectivity index (χ4n) is 3.89. The summed E-state index contributed by atoms with van der Waals surface area (Å²) in [6, 6.07) is 15.4. The van der Waals surface area contributed by atoms with Crippen molar-refractivity contribution < 1.29 is 19.7 Å². The van der Waals surface area contributed by atoms with Crippen LogP contribution in [0.1, 0.15) is 55.8 Å². The number of aliphatic carboxylic acids is 1. The molecule has 1 fully saturated rings. The third kappa shape index (κ3) is 6.61. The highest BCUT2D eigenvalue weighted by Crippen LogP contribution is 2.36. The molecule has 1 aliphatic rings. The Kier molecular flexibility index (Phi) is 9.43. The maximum atomic E-state index is 11.2. The van der Waals surface area contributed by atoms with Crippen LogP contribution in [0.3, 0.4) is 0 Å². The van der Waals surface area contributed by atoms with Crippen LogP contribution in [0.5, 0.6) is 5.75 Å². The van der Waals surface area contributed by atoms with Crippen molar-refractivity contribution in [2.24, 2.45) is 0 Å². The molecule has 0 heterocycles. The van der Waals surface area contributed by atoms with Crippen molar-refractivity contribution in [3.63, 3.8) is 0 Å². The van der Waals surface area contributed by atoms with E-state index < -0.39 is 18.2 Å². The number of hydrogen-bond acceptors (Lipinski definition) is 4. The summed E-state index contributed by atoms with van der Waals surface area (Å²) in [5.74, 6) is 0.0510. The molecule has 0 aromatic heterocycles. The molecular formula is C23H29Cl2NO4. The minimum atomic E-state index is -0.943. The average molecular weight is 454 g/mol. The summed E-state index contributed by atoms with van der Waals surface area (Å²) in [5.41, 5.74) is 1.98. The number of nitrogens with one attached hydrogen (secondary N) is 1.